The maximum Gasteiger partial charge on any atom is 0.267 e. The fourth-order valence-corrected chi connectivity index (χ4v) is 4.52. The highest BCUT2D eigenvalue weighted by Crippen LogP contribution is 2.30. The topological polar surface area (TPSA) is 81.3 Å². The molecule has 2 aromatic carbocycles. The van der Waals surface area contributed by atoms with E-state index in [0.717, 1.165) is 22.2 Å². The second-order valence-electron chi connectivity index (χ2n) is 8.89. The molecule has 5 rings (SSSR count). The van der Waals surface area contributed by atoms with Gasteiger partial charge >= 0.3 is 0 Å². The molecule has 2 N–H and O–H groups in total. The van der Waals surface area contributed by atoms with Gasteiger partial charge in [-0.15, -0.1) is 0 Å². The van der Waals surface area contributed by atoms with Crippen molar-refractivity contribution in [2.75, 3.05) is 6.61 Å². The van der Waals surface area contributed by atoms with E-state index in [1.54, 1.807) is 13.8 Å². The Morgan fingerprint density at radius 1 is 1.15 bits per heavy atom. The first-order valence-corrected chi connectivity index (χ1v) is 11.4. The molecule has 1 unspecified atom stereocenters. The predicted molar refractivity (Wildman–Crippen MR) is 128 cm³/mol. The predicted octanol–water partition coefficient (Wildman–Crippen LogP) is 4.32. The number of hydrogen-bond donors (Lipinski definition) is 0. The quantitative estimate of drug-likeness (QED) is 0.229. The molecule has 0 spiro atoms. The zero-order chi connectivity index (χ0) is 23.0. The minimum Gasteiger partial charge on any atom is -0.491 e. The average Bonchev–Trinajstić information content (AvgIpc) is 3.36. The van der Waals surface area contributed by atoms with Gasteiger partial charge in [-0.3, -0.25) is 0 Å². The van der Waals surface area contributed by atoms with Gasteiger partial charge < -0.3 is 23.9 Å². The van der Waals surface area contributed by atoms with Gasteiger partial charge in [-0.2, -0.15) is 0 Å². The van der Waals surface area contributed by atoms with Gasteiger partial charge in [-0.05, 0) is 29.0 Å². The zero-order valence-corrected chi connectivity index (χ0v) is 19.3. The highest BCUT2D eigenvalue weighted by atomic mass is 35.5. The summed E-state index contributed by atoms with van der Waals surface area (Å²) in [6.07, 6.45) is 3.40. The number of rotatable bonds is 7. The molecule has 8 heteroatoms. The molecule has 0 aliphatic carbocycles. The molecule has 1 aliphatic rings. The van der Waals surface area contributed by atoms with Crippen LogP contribution in [0.5, 0.6) is 5.75 Å². The average molecular weight is 469 g/mol. The van der Waals surface area contributed by atoms with Crippen LogP contribution in [0.3, 0.4) is 0 Å². The summed E-state index contributed by atoms with van der Waals surface area (Å²) in [5, 5.41) is 11.8. The van der Waals surface area contributed by atoms with E-state index >= 15 is 0 Å². The Bertz CT molecular complexity index is 1270. The van der Waals surface area contributed by atoms with E-state index in [9.17, 15) is 0 Å². The van der Waals surface area contributed by atoms with Crippen molar-refractivity contribution in [3.63, 3.8) is 0 Å². The first kappa shape index (κ1) is 22.1. The molecule has 1 fully saturated rings. The van der Waals surface area contributed by atoms with Crippen molar-refractivity contribution in [3.05, 3.63) is 66.2 Å². The van der Waals surface area contributed by atoms with E-state index in [1.807, 2.05) is 41.1 Å². The van der Waals surface area contributed by atoms with Crippen molar-refractivity contribution in [3.8, 4) is 5.75 Å². The Kier molecular flexibility index (Phi) is 5.97. The zero-order valence-electron chi connectivity index (χ0n) is 18.6. The van der Waals surface area contributed by atoms with Gasteiger partial charge in [0.1, 0.15) is 35.6 Å². The molecule has 3 atom stereocenters. The molecule has 172 valence electrons. The Hall–Kier alpha value is -2.71. The van der Waals surface area contributed by atoms with Crippen molar-refractivity contribution in [1.29, 1.82) is 0 Å². The third-order valence-electron chi connectivity index (χ3n) is 5.76. The second-order valence-corrected chi connectivity index (χ2v) is 9.25. The Morgan fingerprint density at radius 2 is 1.97 bits per heavy atom. The monoisotopic (exact) mass is 468 g/mol. The molecular weight excluding hydrogens is 442 g/mol. The van der Waals surface area contributed by atoms with Crippen molar-refractivity contribution in [2.24, 2.45) is 0 Å². The maximum absolute atomic E-state index is 8.22. The third-order valence-corrected chi connectivity index (χ3v) is 6.07. The molecule has 7 nitrogen and oxygen atoms in total. The lowest BCUT2D eigenvalue weighted by atomic mass is 10.1. The largest absolute Gasteiger partial charge is 0.491 e. The summed E-state index contributed by atoms with van der Waals surface area (Å²) < 4.78 is 20.5. The minimum absolute atomic E-state index is 0.145. The normalized spacial score (nSPS) is 21.2. The van der Waals surface area contributed by atoms with Gasteiger partial charge in [0.05, 0.1) is 24.1 Å². The molecule has 1 aliphatic heterocycles. The third kappa shape index (κ3) is 4.96. The van der Waals surface area contributed by atoms with Gasteiger partial charge in [0, 0.05) is 26.5 Å². The van der Waals surface area contributed by atoms with Crippen LogP contribution in [0.15, 0.2) is 61.1 Å². The molecule has 2 aromatic heterocycles. The smallest absolute Gasteiger partial charge is 0.267 e. The van der Waals surface area contributed by atoms with Gasteiger partial charge in [0.2, 0.25) is 0 Å². The van der Waals surface area contributed by atoms with E-state index in [2.05, 4.69) is 28.2 Å². The number of ether oxygens (including phenoxy) is 3. The van der Waals surface area contributed by atoms with Crippen LogP contribution >= 0.6 is 11.6 Å². The lowest BCUT2D eigenvalue weighted by molar-refractivity contribution is -0.215. The summed E-state index contributed by atoms with van der Waals surface area (Å²) in [6, 6.07) is 16.2. The molecule has 0 bridgehead atoms. The van der Waals surface area contributed by atoms with E-state index in [0.29, 0.717) is 24.7 Å². The lowest BCUT2D eigenvalue weighted by Gasteiger charge is -2.24. The SMILES string of the molecule is CC(C)([OH2+])O[C@@H]1CC(COc2ccc3ccccc3c2)O[C@H]1Cn1ccc2c(Cl)ncnc21. The number of aromatic nitrogens is 3. The fraction of sp³-hybridized carbons (Fsp3) is 0.360. The van der Waals surface area contributed by atoms with Crippen LogP contribution in [0.4, 0.5) is 0 Å². The number of hydrogen-bond acceptors (Lipinski definition) is 5. The highest BCUT2D eigenvalue weighted by Gasteiger charge is 2.40. The summed E-state index contributed by atoms with van der Waals surface area (Å²) in [4.78, 5) is 8.42. The van der Waals surface area contributed by atoms with Crippen LogP contribution in [0, 0.1) is 0 Å². The number of nitrogens with zero attached hydrogens (tertiary/aromatic N) is 3. The van der Waals surface area contributed by atoms with Crippen molar-refractivity contribution >= 4 is 33.4 Å². The van der Waals surface area contributed by atoms with Gasteiger partial charge in [-0.25, -0.2) is 9.97 Å². The first-order valence-electron chi connectivity index (χ1n) is 11.0. The summed E-state index contributed by atoms with van der Waals surface area (Å²) in [7, 11) is 0. The van der Waals surface area contributed by atoms with Crippen LogP contribution in [0.25, 0.3) is 21.8 Å². The second kappa shape index (κ2) is 8.91. The first-order chi connectivity index (χ1) is 15.9. The minimum atomic E-state index is -1.02. The van der Waals surface area contributed by atoms with Gasteiger partial charge in [-0.1, -0.05) is 41.9 Å². The van der Waals surface area contributed by atoms with Gasteiger partial charge in [0.15, 0.2) is 0 Å². The Morgan fingerprint density at radius 3 is 2.79 bits per heavy atom. The van der Waals surface area contributed by atoms with Gasteiger partial charge in [0.25, 0.3) is 5.79 Å². The number of benzene rings is 2. The van der Waals surface area contributed by atoms with Crippen LogP contribution in [0.2, 0.25) is 5.15 Å². The summed E-state index contributed by atoms with van der Waals surface area (Å²) >= 11 is 6.20. The highest BCUT2D eigenvalue weighted by molar-refractivity contribution is 6.33. The maximum atomic E-state index is 8.22. The molecule has 0 saturated carbocycles. The molecule has 33 heavy (non-hydrogen) atoms. The number of fused-ring (bicyclic) bond motifs is 2. The molecule has 0 amide bonds. The lowest BCUT2D eigenvalue weighted by Crippen LogP contribution is -2.36. The Balaban J connectivity index is 1.30. The van der Waals surface area contributed by atoms with E-state index in [1.165, 1.54) is 11.7 Å². The molecule has 3 heterocycles. The molecule has 0 radical (unpaired) electrons. The van der Waals surface area contributed by atoms with Crippen LogP contribution < -0.4 is 4.74 Å². The summed E-state index contributed by atoms with van der Waals surface area (Å²) in [6.45, 7) is 4.42. The van der Waals surface area contributed by atoms with E-state index in [4.69, 9.17) is 30.9 Å². The molecular formula is C25H27ClN3O4+. The molecule has 1 saturated heterocycles. The standard InChI is InChI=1S/C25H26ClN3O4/c1-25(2,30)33-21-12-19(14-31-18-8-7-16-5-3-4-6-17(16)11-18)32-22(21)13-29-10-9-20-23(26)27-15-28-24(20)29/h3-11,15,19,21-22,30H,12-14H2,1-2H3/p+1/t19?,21-,22+/m1/s1. The van der Waals surface area contributed by atoms with Crippen LogP contribution in [-0.4, -0.2) is 50.3 Å². The fourth-order valence-electron chi connectivity index (χ4n) is 4.33. The Labute approximate surface area is 196 Å². The van der Waals surface area contributed by atoms with E-state index in [-0.39, 0.29) is 18.3 Å². The van der Waals surface area contributed by atoms with Crippen LogP contribution in [0.1, 0.15) is 20.3 Å². The number of halogens is 1. The van der Waals surface area contributed by atoms with Crippen molar-refractivity contribution in [2.45, 2.75) is 50.9 Å². The van der Waals surface area contributed by atoms with E-state index < -0.39 is 5.79 Å². The van der Waals surface area contributed by atoms with Crippen molar-refractivity contribution in [1.82, 2.24) is 14.5 Å². The molecule has 4 aromatic rings. The summed E-state index contributed by atoms with van der Waals surface area (Å²) in [5.74, 6) is -0.216. The van der Waals surface area contributed by atoms with Crippen molar-refractivity contribution < 1.29 is 19.3 Å². The van der Waals surface area contributed by atoms with Crippen LogP contribution in [-0.2, 0) is 16.0 Å². The summed E-state index contributed by atoms with van der Waals surface area (Å²) in [5.41, 5.74) is 0.748.